The molecule has 0 saturated carbocycles. The number of aliphatic carboxylic acids is 1. The van der Waals surface area contributed by atoms with E-state index < -0.39 is 23.5 Å². The molecule has 0 bridgehead atoms. The normalized spacial score (nSPS) is 11.8. The summed E-state index contributed by atoms with van der Waals surface area (Å²) in [7, 11) is 0. The molecule has 0 unspecified atom stereocenters. The van der Waals surface area contributed by atoms with Gasteiger partial charge in [0.2, 0.25) is 0 Å². The number of nitrogens with one attached hydrogen (secondary N) is 1. The highest BCUT2D eigenvalue weighted by Crippen LogP contribution is 2.23. The first kappa shape index (κ1) is 22.4. The third-order valence-corrected chi connectivity index (χ3v) is 5.69. The van der Waals surface area contributed by atoms with Crippen LogP contribution in [0.5, 0.6) is 5.75 Å². The van der Waals surface area contributed by atoms with E-state index in [1.54, 1.807) is 18.2 Å². The van der Waals surface area contributed by atoms with Crippen LogP contribution >= 0.6 is 11.8 Å². The van der Waals surface area contributed by atoms with Crippen LogP contribution in [0.25, 0.3) is 11.0 Å². The van der Waals surface area contributed by atoms with Gasteiger partial charge in [-0.1, -0.05) is 37.3 Å². The zero-order valence-electron chi connectivity index (χ0n) is 17.0. The lowest BCUT2D eigenvalue weighted by atomic mass is 10.1. The summed E-state index contributed by atoms with van der Waals surface area (Å²) in [5.74, 6) is -0.412. The van der Waals surface area contributed by atoms with E-state index in [0.29, 0.717) is 23.5 Å². The monoisotopic (exact) mass is 441 g/mol. The van der Waals surface area contributed by atoms with E-state index >= 15 is 0 Å². The Morgan fingerprint density at radius 3 is 2.65 bits per heavy atom. The summed E-state index contributed by atoms with van der Waals surface area (Å²) in [6.07, 6.45) is 0.684. The number of ether oxygens (including phenoxy) is 1. The number of rotatable bonds is 10. The minimum atomic E-state index is -1.10. The van der Waals surface area contributed by atoms with E-state index in [9.17, 15) is 19.5 Å². The number of carbonyl (C=O) groups excluding carboxylic acids is 1. The lowest BCUT2D eigenvalue weighted by Crippen LogP contribution is -2.44. The van der Waals surface area contributed by atoms with Crippen LogP contribution in [-0.2, 0) is 21.8 Å². The SMILES string of the molecule is CCc1cc(=O)oc2cc(OCC(=O)N[C@@H](CSCc3ccccc3)C(=O)O)ccc12. The molecule has 0 aliphatic rings. The van der Waals surface area contributed by atoms with Crippen LogP contribution in [0.3, 0.4) is 0 Å². The molecule has 31 heavy (non-hydrogen) atoms. The van der Waals surface area contributed by atoms with Gasteiger partial charge in [-0.2, -0.15) is 11.8 Å². The second-order valence-corrected chi connectivity index (χ2v) is 7.88. The fourth-order valence-corrected chi connectivity index (χ4v) is 4.03. The molecule has 2 N–H and O–H groups in total. The Morgan fingerprint density at radius 2 is 1.94 bits per heavy atom. The average molecular weight is 442 g/mol. The number of amides is 1. The molecule has 0 saturated heterocycles. The fraction of sp³-hybridized carbons (Fsp3) is 0.261. The Kier molecular flexibility index (Phi) is 7.72. The average Bonchev–Trinajstić information content (AvgIpc) is 2.76. The van der Waals surface area contributed by atoms with Crippen LogP contribution in [0.15, 0.2) is 63.8 Å². The predicted octanol–water partition coefficient (Wildman–Crippen LogP) is 3.24. The molecule has 8 heteroatoms. The molecule has 1 atom stereocenters. The molecule has 1 aromatic heterocycles. The first-order valence-electron chi connectivity index (χ1n) is 9.79. The summed E-state index contributed by atoms with van der Waals surface area (Å²) in [5.41, 5.74) is 1.88. The summed E-state index contributed by atoms with van der Waals surface area (Å²) >= 11 is 1.43. The van der Waals surface area contributed by atoms with Gasteiger partial charge in [-0.15, -0.1) is 0 Å². The van der Waals surface area contributed by atoms with Crippen molar-refractivity contribution < 1.29 is 23.8 Å². The quantitative estimate of drug-likeness (QED) is 0.465. The molecule has 3 rings (SSSR count). The fourth-order valence-electron chi connectivity index (χ4n) is 3.02. The number of carbonyl (C=O) groups is 2. The summed E-state index contributed by atoms with van der Waals surface area (Å²) in [4.78, 5) is 35.4. The summed E-state index contributed by atoms with van der Waals surface area (Å²) in [5, 5.41) is 12.7. The molecule has 0 fully saturated rings. The predicted molar refractivity (Wildman–Crippen MR) is 120 cm³/mol. The number of benzene rings is 2. The zero-order valence-corrected chi connectivity index (χ0v) is 17.8. The Labute approximate surface area is 183 Å². The minimum Gasteiger partial charge on any atom is -0.484 e. The van der Waals surface area contributed by atoms with Crippen molar-refractivity contribution in [3.8, 4) is 5.75 Å². The van der Waals surface area contributed by atoms with E-state index in [1.807, 2.05) is 37.3 Å². The van der Waals surface area contributed by atoms with Crippen molar-refractivity contribution in [2.45, 2.75) is 25.1 Å². The third kappa shape index (κ3) is 6.36. The molecule has 0 aliphatic carbocycles. The number of hydrogen-bond acceptors (Lipinski definition) is 6. The van der Waals surface area contributed by atoms with E-state index in [4.69, 9.17) is 9.15 Å². The molecule has 0 spiro atoms. The number of thioether (sulfide) groups is 1. The highest BCUT2D eigenvalue weighted by atomic mass is 32.2. The second-order valence-electron chi connectivity index (χ2n) is 6.85. The summed E-state index contributed by atoms with van der Waals surface area (Å²) < 4.78 is 10.7. The molecule has 2 aromatic carbocycles. The second kappa shape index (κ2) is 10.7. The highest BCUT2D eigenvalue weighted by molar-refractivity contribution is 7.98. The van der Waals surface area contributed by atoms with Crippen LogP contribution in [-0.4, -0.2) is 35.4 Å². The molecule has 1 heterocycles. The Balaban J connectivity index is 1.55. The molecule has 3 aromatic rings. The first-order valence-corrected chi connectivity index (χ1v) is 10.9. The van der Waals surface area contributed by atoms with E-state index in [-0.39, 0.29) is 12.4 Å². The third-order valence-electron chi connectivity index (χ3n) is 4.58. The highest BCUT2D eigenvalue weighted by Gasteiger charge is 2.20. The molecule has 0 radical (unpaired) electrons. The number of carboxylic acid groups (broad SMARTS) is 1. The first-order chi connectivity index (χ1) is 15.0. The number of aryl methyl sites for hydroxylation is 1. The lowest BCUT2D eigenvalue weighted by molar-refractivity contribution is -0.141. The number of fused-ring (bicyclic) bond motifs is 1. The Bertz CT molecular complexity index is 1110. The van der Waals surface area contributed by atoms with Crippen LogP contribution in [0.1, 0.15) is 18.1 Å². The van der Waals surface area contributed by atoms with Gasteiger partial charge in [0.1, 0.15) is 17.4 Å². The largest absolute Gasteiger partial charge is 0.484 e. The molecular formula is C23H23NO6S. The van der Waals surface area contributed by atoms with Gasteiger partial charge in [0.05, 0.1) is 0 Å². The van der Waals surface area contributed by atoms with Crippen molar-refractivity contribution in [1.29, 1.82) is 0 Å². The minimum absolute atomic E-state index is 0.233. The van der Waals surface area contributed by atoms with Crippen molar-refractivity contribution in [3.63, 3.8) is 0 Å². The van der Waals surface area contributed by atoms with Crippen molar-refractivity contribution in [2.24, 2.45) is 0 Å². The number of hydrogen-bond donors (Lipinski definition) is 2. The van der Waals surface area contributed by atoms with Gasteiger partial charge in [0.15, 0.2) is 6.61 Å². The van der Waals surface area contributed by atoms with Gasteiger partial charge >= 0.3 is 11.6 Å². The van der Waals surface area contributed by atoms with Gasteiger partial charge in [-0.05, 0) is 29.7 Å². The van der Waals surface area contributed by atoms with Crippen LogP contribution in [0, 0.1) is 0 Å². The summed E-state index contributed by atoms with van der Waals surface area (Å²) in [6.45, 7) is 1.59. The van der Waals surface area contributed by atoms with Gasteiger partial charge in [0, 0.05) is 29.0 Å². The van der Waals surface area contributed by atoms with Crippen molar-refractivity contribution in [3.05, 3.63) is 76.1 Å². The maximum atomic E-state index is 12.2. The van der Waals surface area contributed by atoms with E-state index in [0.717, 1.165) is 16.5 Å². The summed E-state index contributed by atoms with van der Waals surface area (Å²) in [6, 6.07) is 15.1. The topological polar surface area (TPSA) is 106 Å². The number of carboxylic acids is 1. The van der Waals surface area contributed by atoms with E-state index in [1.165, 1.54) is 17.8 Å². The van der Waals surface area contributed by atoms with Crippen molar-refractivity contribution in [1.82, 2.24) is 5.32 Å². The molecule has 0 aliphatic heterocycles. The van der Waals surface area contributed by atoms with Crippen molar-refractivity contribution in [2.75, 3.05) is 12.4 Å². The van der Waals surface area contributed by atoms with Crippen LogP contribution < -0.4 is 15.7 Å². The molecule has 7 nitrogen and oxygen atoms in total. The molecule has 162 valence electrons. The van der Waals surface area contributed by atoms with E-state index in [2.05, 4.69) is 5.32 Å². The molecule has 1 amide bonds. The lowest BCUT2D eigenvalue weighted by Gasteiger charge is -2.15. The van der Waals surface area contributed by atoms with Gasteiger partial charge < -0.3 is 19.6 Å². The van der Waals surface area contributed by atoms with Gasteiger partial charge in [-0.3, -0.25) is 4.79 Å². The molecular weight excluding hydrogens is 418 g/mol. The maximum absolute atomic E-state index is 12.2. The smallest absolute Gasteiger partial charge is 0.336 e. The Hall–Kier alpha value is -3.26. The van der Waals surface area contributed by atoms with Gasteiger partial charge in [0.25, 0.3) is 5.91 Å². The maximum Gasteiger partial charge on any atom is 0.336 e. The zero-order chi connectivity index (χ0) is 22.2. The van der Waals surface area contributed by atoms with Crippen molar-refractivity contribution >= 4 is 34.6 Å². The van der Waals surface area contributed by atoms with Crippen LogP contribution in [0.2, 0.25) is 0 Å². The van der Waals surface area contributed by atoms with Crippen LogP contribution in [0.4, 0.5) is 0 Å². The van der Waals surface area contributed by atoms with Gasteiger partial charge in [-0.25, -0.2) is 9.59 Å². The Morgan fingerprint density at radius 1 is 1.16 bits per heavy atom. The standard InChI is InChI=1S/C23H23NO6S/c1-2-16-10-22(26)30-20-11-17(8-9-18(16)20)29-12-21(25)24-19(23(27)28)14-31-13-15-6-4-3-5-7-15/h3-11,19H,2,12-14H2,1H3,(H,24,25)(H,27,28)/t19-/m0/s1.